The molecule has 0 aliphatic carbocycles. The van der Waals surface area contributed by atoms with Crippen LogP contribution in [0.5, 0.6) is 0 Å². The molecule has 1 aromatic heterocycles. The molecule has 0 bridgehead atoms. The highest BCUT2D eigenvalue weighted by Crippen LogP contribution is 2.35. The average Bonchev–Trinajstić information content (AvgIpc) is 2.64. The van der Waals surface area contributed by atoms with Crippen molar-refractivity contribution >= 4 is 5.69 Å². The van der Waals surface area contributed by atoms with E-state index in [9.17, 15) is 0 Å². The minimum absolute atomic E-state index is 0.0125. The molecule has 112 valence electrons. The summed E-state index contributed by atoms with van der Waals surface area (Å²) >= 11 is 0. The lowest BCUT2D eigenvalue weighted by atomic mass is 9.77. The molecule has 1 unspecified atom stereocenters. The summed E-state index contributed by atoms with van der Waals surface area (Å²) in [5, 5.41) is 0. The molecule has 0 radical (unpaired) electrons. The van der Waals surface area contributed by atoms with Crippen molar-refractivity contribution in [1.82, 2.24) is 4.98 Å². The van der Waals surface area contributed by atoms with E-state index < -0.39 is 0 Å². The summed E-state index contributed by atoms with van der Waals surface area (Å²) in [7, 11) is 0. The van der Waals surface area contributed by atoms with E-state index in [0.717, 1.165) is 24.7 Å². The second-order valence-corrected chi connectivity index (χ2v) is 7.21. The second kappa shape index (κ2) is 6.13. The number of anilines is 1. The largest absolute Gasteiger partial charge is 0.370 e. The topological polar surface area (TPSA) is 42.1 Å². The highest BCUT2D eigenvalue weighted by molar-refractivity contribution is 5.44. The Bertz CT molecular complexity index is 417. The van der Waals surface area contributed by atoms with Gasteiger partial charge in [-0.1, -0.05) is 20.8 Å². The molecule has 0 spiro atoms. The minimum atomic E-state index is 0.0125. The van der Waals surface area contributed by atoms with Crippen LogP contribution < -0.4 is 10.6 Å². The fourth-order valence-corrected chi connectivity index (χ4v) is 3.07. The lowest BCUT2D eigenvalue weighted by molar-refractivity contribution is 0.220. The number of nitrogens with zero attached hydrogens (tertiary/aromatic N) is 2. The molecular weight excluding hydrogens is 246 g/mol. The lowest BCUT2D eigenvalue weighted by Gasteiger charge is -2.30. The zero-order valence-corrected chi connectivity index (χ0v) is 13.4. The van der Waals surface area contributed by atoms with E-state index in [-0.39, 0.29) is 6.04 Å². The third-order valence-corrected chi connectivity index (χ3v) is 4.56. The standard InChI is InChI=1S/C17H29N3/c1-13(18)16-8-7-15(12-19-16)20-10-5-6-14(9-11-20)17(2,3)4/h7-8,12-14H,5-6,9-11,18H2,1-4H3/t13-,14?/m1/s1. The van der Waals surface area contributed by atoms with Crippen molar-refractivity contribution in [2.24, 2.45) is 17.1 Å². The van der Waals surface area contributed by atoms with Crippen LogP contribution >= 0.6 is 0 Å². The fourth-order valence-electron chi connectivity index (χ4n) is 3.07. The van der Waals surface area contributed by atoms with Crippen molar-refractivity contribution in [2.75, 3.05) is 18.0 Å². The minimum Gasteiger partial charge on any atom is -0.370 e. The molecule has 20 heavy (non-hydrogen) atoms. The normalized spacial score (nSPS) is 22.4. The van der Waals surface area contributed by atoms with Gasteiger partial charge >= 0.3 is 0 Å². The zero-order valence-electron chi connectivity index (χ0n) is 13.4. The highest BCUT2D eigenvalue weighted by Gasteiger charge is 2.27. The van der Waals surface area contributed by atoms with Crippen molar-refractivity contribution in [3.05, 3.63) is 24.0 Å². The molecule has 1 aromatic rings. The molecule has 1 saturated heterocycles. The molecule has 0 saturated carbocycles. The van der Waals surface area contributed by atoms with E-state index >= 15 is 0 Å². The van der Waals surface area contributed by atoms with Crippen molar-refractivity contribution < 1.29 is 0 Å². The van der Waals surface area contributed by atoms with Crippen LogP contribution in [0.2, 0.25) is 0 Å². The predicted octanol–water partition coefficient (Wildman–Crippen LogP) is 3.75. The second-order valence-electron chi connectivity index (χ2n) is 7.21. The highest BCUT2D eigenvalue weighted by atomic mass is 15.1. The molecule has 2 N–H and O–H groups in total. The third-order valence-electron chi connectivity index (χ3n) is 4.56. The van der Waals surface area contributed by atoms with Crippen LogP contribution in [0.4, 0.5) is 5.69 Å². The van der Waals surface area contributed by atoms with Crippen LogP contribution in [0.15, 0.2) is 18.3 Å². The van der Waals surface area contributed by atoms with Gasteiger partial charge < -0.3 is 10.6 Å². The molecule has 0 aromatic carbocycles. The Hall–Kier alpha value is -1.09. The molecule has 0 amide bonds. The fraction of sp³-hybridized carbons (Fsp3) is 0.706. The van der Waals surface area contributed by atoms with Crippen molar-refractivity contribution in [1.29, 1.82) is 0 Å². The maximum Gasteiger partial charge on any atom is 0.0569 e. The van der Waals surface area contributed by atoms with Crippen molar-refractivity contribution in [2.45, 2.75) is 53.0 Å². The summed E-state index contributed by atoms with van der Waals surface area (Å²) in [6.45, 7) is 11.4. The zero-order chi connectivity index (χ0) is 14.8. The van der Waals surface area contributed by atoms with Gasteiger partial charge in [-0.05, 0) is 49.7 Å². The Morgan fingerprint density at radius 1 is 1.25 bits per heavy atom. The van der Waals surface area contributed by atoms with Crippen LogP contribution in [0.1, 0.15) is 58.7 Å². The molecular formula is C17H29N3. The summed E-state index contributed by atoms with van der Waals surface area (Å²) in [5.41, 5.74) is 8.49. The summed E-state index contributed by atoms with van der Waals surface area (Å²) in [5.74, 6) is 0.823. The van der Waals surface area contributed by atoms with Crippen LogP contribution in [-0.2, 0) is 0 Å². The Labute approximate surface area is 123 Å². The quantitative estimate of drug-likeness (QED) is 0.893. The molecule has 3 heteroatoms. The Morgan fingerprint density at radius 3 is 2.55 bits per heavy atom. The first-order valence-electron chi connectivity index (χ1n) is 7.84. The molecule has 2 heterocycles. The Kier molecular flexibility index (Phi) is 4.69. The van der Waals surface area contributed by atoms with Crippen LogP contribution in [0, 0.1) is 11.3 Å². The first kappa shape index (κ1) is 15.3. The SMILES string of the molecule is C[C@@H](N)c1ccc(N2CCCC(C(C)(C)C)CC2)cn1. The van der Waals surface area contributed by atoms with E-state index in [4.69, 9.17) is 5.73 Å². The maximum atomic E-state index is 5.86. The van der Waals surface area contributed by atoms with Gasteiger partial charge in [0.1, 0.15) is 0 Å². The van der Waals surface area contributed by atoms with Gasteiger partial charge in [-0.25, -0.2) is 0 Å². The first-order chi connectivity index (χ1) is 9.38. The van der Waals surface area contributed by atoms with Gasteiger partial charge in [-0.2, -0.15) is 0 Å². The summed E-state index contributed by atoms with van der Waals surface area (Å²) in [4.78, 5) is 6.96. The maximum absolute atomic E-state index is 5.86. The van der Waals surface area contributed by atoms with Crippen LogP contribution in [0.25, 0.3) is 0 Å². The number of hydrogen-bond donors (Lipinski definition) is 1. The van der Waals surface area contributed by atoms with E-state index in [1.54, 1.807) is 0 Å². The van der Waals surface area contributed by atoms with Gasteiger partial charge in [0, 0.05) is 19.1 Å². The molecule has 1 fully saturated rings. The van der Waals surface area contributed by atoms with Gasteiger partial charge in [0.05, 0.1) is 17.6 Å². The molecule has 2 atom stereocenters. The average molecular weight is 275 g/mol. The van der Waals surface area contributed by atoms with Gasteiger partial charge in [0.25, 0.3) is 0 Å². The number of nitrogens with two attached hydrogens (primary N) is 1. The van der Waals surface area contributed by atoms with Crippen molar-refractivity contribution in [3.8, 4) is 0 Å². The number of hydrogen-bond acceptors (Lipinski definition) is 3. The van der Waals surface area contributed by atoms with Gasteiger partial charge in [-0.15, -0.1) is 0 Å². The van der Waals surface area contributed by atoms with Gasteiger partial charge in [0.2, 0.25) is 0 Å². The molecule has 3 nitrogen and oxygen atoms in total. The molecule has 2 rings (SSSR count). The first-order valence-corrected chi connectivity index (χ1v) is 7.84. The molecule has 1 aliphatic rings. The van der Waals surface area contributed by atoms with Gasteiger partial charge in [-0.3, -0.25) is 4.98 Å². The van der Waals surface area contributed by atoms with Gasteiger partial charge in [0.15, 0.2) is 0 Å². The number of aromatic nitrogens is 1. The predicted molar refractivity (Wildman–Crippen MR) is 85.8 cm³/mol. The smallest absolute Gasteiger partial charge is 0.0569 e. The molecule has 1 aliphatic heterocycles. The Morgan fingerprint density at radius 2 is 2.00 bits per heavy atom. The summed E-state index contributed by atoms with van der Waals surface area (Å²) < 4.78 is 0. The van der Waals surface area contributed by atoms with E-state index in [1.165, 1.54) is 24.9 Å². The summed E-state index contributed by atoms with van der Waals surface area (Å²) in [6.07, 6.45) is 5.87. The van der Waals surface area contributed by atoms with E-state index in [2.05, 4.69) is 42.8 Å². The summed E-state index contributed by atoms with van der Waals surface area (Å²) in [6, 6.07) is 4.24. The number of rotatable bonds is 2. The van der Waals surface area contributed by atoms with Crippen molar-refractivity contribution in [3.63, 3.8) is 0 Å². The van der Waals surface area contributed by atoms with Crippen LogP contribution in [-0.4, -0.2) is 18.1 Å². The number of pyridine rings is 1. The Balaban J connectivity index is 2.03. The monoisotopic (exact) mass is 275 g/mol. The lowest BCUT2D eigenvalue weighted by Crippen LogP contribution is -2.26. The van der Waals surface area contributed by atoms with Crippen LogP contribution in [0.3, 0.4) is 0 Å². The van der Waals surface area contributed by atoms with E-state index in [1.807, 2.05) is 13.1 Å². The van der Waals surface area contributed by atoms with E-state index in [0.29, 0.717) is 5.41 Å². The third kappa shape index (κ3) is 3.72.